The summed E-state index contributed by atoms with van der Waals surface area (Å²) in [6, 6.07) is 6.67. The van der Waals surface area contributed by atoms with E-state index >= 15 is 0 Å². The molecule has 0 atom stereocenters. The van der Waals surface area contributed by atoms with Crippen molar-refractivity contribution in [2.24, 2.45) is 0 Å². The lowest BCUT2D eigenvalue weighted by Gasteiger charge is -2.08. The third-order valence-corrected chi connectivity index (χ3v) is 3.07. The van der Waals surface area contributed by atoms with Crippen LogP contribution in [-0.4, -0.2) is 14.5 Å². The summed E-state index contributed by atoms with van der Waals surface area (Å²) in [4.78, 5) is 0.214. The van der Waals surface area contributed by atoms with Gasteiger partial charge in [0, 0.05) is 0 Å². The minimum absolute atomic E-state index is 0.214. The zero-order chi connectivity index (χ0) is 10.8. The number of aryl methyl sites for hydroxylation is 1. The van der Waals surface area contributed by atoms with E-state index in [2.05, 4.69) is 0 Å². The molecule has 0 bridgehead atoms. The van der Waals surface area contributed by atoms with Gasteiger partial charge in [0.2, 0.25) is 0 Å². The Balaban J connectivity index is 3.05. The largest absolute Gasteiger partial charge is 0.297 e. The van der Waals surface area contributed by atoms with Crippen LogP contribution < -0.4 is 0 Å². The van der Waals surface area contributed by atoms with Gasteiger partial charge in [0.15, 0.2) is 0 Å². The molecule has 4 heteroatoms. The van der Waals surface area contributed by atoms with Crippen LogP contribution in [0, 0.1) is 6.92 Å². The van der Waals surface area contributed by atoms with Crippen LogP contribution in [0.1, 0.15) is 19.4 Å². The van der Waals surface area contributed by atoms with Gasteiger partial charge in [-0.05, 0) is 38.5 Å². The smallest absolute Gasteiger partial charge is 0.264 e. The molecule has 0 aliphatic rings. The Morgan fingerprint density at radius 3 is 2.43 bits per heavy atom. The van der Waals surface area contributed by atoms with Crippen LogP contribution in [0.15, 0.2) is 29.2 Å². The molecule has 0 fully saturated rings. The zero-order valence-corrected chi connectivity index (χ0v) is 9.34. The van der Waals surface area contributed by atoms with Crippen molar-refractivity contribution in [2.45, 2.75) is 31.8 Å². The lowest BCUT2D eigenvalue weighted by Crippen LogP contribution is -2.12. The Morgan fingerprint density at radius 2 is 1.93 bits per heavy atom. The van der Waals surface area contributed by atoms with Crippen molar-refractivity contribution in [1.82, 2.24) is 0 Å². The van der Waals surface area contributed by atoms with Gasteiger partial charge in [0.25, 0.3) is 10.1 Å². The van der Waals surface area contributed by atoms with Gasteiger partial charge < -0.3 is 0 Å². The van der Waals surface area contributed by atoms with Gasteiger partial charge in [-0.15, -0.1) is 0 Å². The SMILES string of the molecule is Cc1cccc(S(=O)(=O)OC(C)C)c1. The van der Waals surface area contributed by atoms with E-state index < -0.39 is 10.1 Å². The molecule has 3 nitrogen and oxygen atoms in total. The second-order valence-corrected chi connectivity index (χ2v) is 4.99. The van der Waals surface area contributed by atoms with Crippen LogP contribution in [0.2, 0.25) is 0 Å². The van der Waals surface area contributed by atoms with E-state index in [1.165, 1.54) is 6.07 Å². The molecule has 0 unspecified atom stereocenters. The average molecular weight is 214 g/mol. The molecule has 0 radical (unpaired) electrons. The summed E-state index contributed by atoms with van der Waals surface area (Å²) in [6.45, 7) is 5.22. The molecular formula is C10H14O3S. The molecule has 0 heterocycles. The molecule has 0 spiro atoms. The Labute approximate surface area is 84.8 Å². The van der Waals surface area contributed by atoms with Gasteiger partial charge in [-0.25, -0.2) is 0 Å². The van der Waals surface area contributed by atoms with Crippen LogP contribution in [0.4, 0.5) is 0 Å². The molecular weight excluding hydrogens is 200 g/mol. The molecule has 0 saturated carbocycles. The van der Waals surface area contributed by atoms with Crippen molar-refractivity contribution in [2.75, 3.05) is 0 Å². The minimum Gasteiger partial charge on any atom is -0.264 e. The molecule has 0 aromatic heterocycles. The Bertz CT molecular complexity index is 407. The molecule has 1 aromatic rings. The number of hydrogen-bond donors (Lipinski definition) is 0. The number of rotatable bonds is 3. The molecule has 0 N–H and O–H groups in total. The van der Waals surface area contributed by atoms with Crippen LogP contribution >= 0.6 is 0 Å². The first-order valence-electron chi connectivity index (χ1n) is 4.42. The lowest BCUT2D eigenvalue weighted by atomic mass is 10.2. The zero-order valence-electron chi connectivity index (χ0n) is 8.52. The fourth-order valence-electron chi connectivity index (χ4n) is 1.08. The van der Waals surface area contributed by atoms with E-state index in [1.807, 2.05) is 13.0 Å². The highest BCUT2D eigenvalue weighted by molar-refractivity contribution is 7.86. The van der Waals surface area contributed by atoms with Crippen LogP contribution in [0.5, 0.6) is 0 Å². The summed E-state index contributed by atoms with van der Waals surface area (Å²) in [6.07, 6.45) is -0.333. The second-order valence-electron chi connectivity index (χ2n) is 3.42. The molecule has 78 valence electrons. The fourth-order valence-corrected chi connectivity index (χ4v) is 2.27. The third kappa shape index (κ3) is 2.82. The first kappa shape index (κ1) is 11.2. The van der Waals surface area contributed by atoms with E-state index in [0.29, 0.717) is 0 Å². The summed E-state index contributed by atoms with van der Waals surface area (Å²) in [5, 5.41) is 0. The Kier molecular flexibility index (Phi) is 3.29. The van der Waals surface area contributed by atoms with Crippen LogP contribution in [-0.2, 0) is 14.3 Å². The summed E-state index contributed by atoms with van der Waals surface area (Å²) in [7, 11) is -3.58. The van der Waals surface area contributed by atoms with Crippen molar-refractivity contribution in [3.63, 3.8) is 0 Å². The predicted molar refractivity (Wildman–Crippen MR) is 54.6 cm³/mol. The van der Waals surface area contributed by atoms with Crippen molar-refractivity contribution in [3.8, 4) is 0 Å². The first-order chi connectivity index (χ1) is 6.42. The first-order valence-corrected chi connectivity index (χ1v) is 5.82. The predicted octanol–water partition coefficient (Wildman–Crippen LogP) is 2.11. The molecule has 1 rings (SSSR count). The van der Waals surface area contributed by atoms with E-state index in [-0.39, 0.29) is 11.0 Å². The van der Waals surface area contributed by atoms with Gasteiger partial charge in [-0.1, -0.05) is 12.1 Å². The topological polar surface area (TPSA) is 43.4 Å². The highest BCUT2D eigenvalue weighted by Gasteiger charge is 2.16. The minimum atomic E-state index is -3.58. The van der Waals surface area contributed by atoms with E-state index in [1.54, 1.807) is 26.0 Å². The summed E-state index contributed by atoms with van der Waals surface area (Å²) in [5.74, 6) is 0. The van der Waals surface area contributed by atoms with Gasteiger partial charge in [-0.2, -0.15) is 8.42 Å². The third-order valence-electron chi connectivity index (χ3n) is 1.60. The quantitative estimate of drug-likeness (QED) is 0.724. The molecule has 0 saturated heterocycles. The van der Waals surface area contributed by atoms with E-state index in [9.17, 15) is 8.42 Å². The summed E-state index contributed by atoms with van der Waals surface area (Å²) in [5.41, 5.74) is 0.901. The fraction of sp³-hybridized carbons (Fsp3) is 0.400. The normalized spacial score (nSPS) is 12.0. The maximum absolute atomic E-state index is 11.6. The van der Waals surface area contributed by atoms with Gasteiger partial charge in [0.05, 0.1) is 11.0 Å². The molecule has 1 aromatic carbocycles. The maximum Gasteiger partial charge on any atom is 0.297 e. The molecule has 0 amide bonds. The second kappa shape index (κ2) is 4.11. The van der Waals surface area contributed by atoms with Gasteiger partial charge >= 0.3 is 0 Å². The van der Waals surface area contributed by atoms with Crippen molar-refractivity contribution in [1.29, 1.82) is 0 Å². The van der Waals surface area contributed by atoms with E-state index in [0.717, 1.165) is 5.56 Å². The molecule has 14 heavy (non-hydrogen) atoms. The highest BCUT2D eigenvalue weighted by atomic mass is 32.2. The maximum atomic E-state index is 11.6. The summed E-state index contributed by atoms with van der Waals surface area (Å²) < 4.78 is 28.0. The Hall–Kier alpha value is -0.870. The van der Waals surface area contributed by atoms with Crippen LogP contribution in [0.25, 0.3) is 0 Å². The van der Waals surface area contributed by atoms with E-state index in [4.69, 9.17) is 4.18 Å². The lowest BCUT2D eigenvalue weighted by molar-refractivity contribution is 0.249. The van der Waals surface area contributed by atoms with Gasteiger partial charge in [0.1, 0.15) is 0 Å². The monoisotopic (exact) mass is 214 g/mol. The highest BCUT2D eigenvalue weighted by Crippen LogP contribution is 2.15. The number of hydrogen-bond acceptors (Lipinski definition) is 3. The Morgan fingerprint density at radius 1 is 1.29 bits per heavy atom. The van der Waals surface area contributed by atoms with Crippen molar-refractivity contribution < 1.29 is 12.6 Å². The average Bonchev–Trinajstić information content (AvgIpc) is 2.01. The number of benzene rings is 1. The molecule has 0 aliphatic carbocycles. The summed E-state index contributed by atoms with van der Waals surface area (Å²) >= 11 is 0. The van der Waals surface area contributed by atoms with Crippen molar-refractivity contribution in [3.05, 3.63) is 29.8 Å². The molecule has 0 aliphatic heterocycles. The van der Waals surface area contributed by atoms with Gasteiger partial charge in [-0.3, -0.25) is 4.18 Å². The standard InChI is InChI=1S/C10H14O3S/c1-8(2)13-14(11,12)10-6-4-5-9(3)7-10/h4-8H,1-3H3. The van der Waals surface area contributed by atoms with Crippen molar-refractivity contribution >= 4 is 10.1 Å². The van der Waals surface area contributed by atoms with Crippen LogP contribution in [0.3, 0.4) is 0 Å².